The molecule has 1 fully saturated rings. The van der Waals surface area contributed by atoms with Crippen molar-refractivity contribution in [1.82, 2.24) is 35.1 Å². The van der Waals surface area contributed by atoms with Crippen molar-refractivity contribution in [1.29, 1.82) is 0 Å². The summed E-state index contributed by atoms with van der Waals surface area (Å²) in [6, 6.07) is 6.54. The average molecular weight is 543 g/mol. The summed E-state index contributed by atoms with van der Waals surface area (Å²) in [6.07, 6.45) is 9.91. The maximum atomic E-state index is 16.1. The van der Waals surface area contributed by atoms with E-state index in [0.29, 0.717) is 38.8 Å². The first-order valence-electron chi connectivity index (χ1n) is 12.4. The molecule has 0 aliphatic heterocycles. The summed E-state index contributed by atoms with van der Waals surface area (Å²) in [5.41, 5.74) is 3.38. The fraction of sp³-hybridized carbons (Fsp3) is 0.185. The lowest BCUT2D eigenvalue weighted by Gasteiger charge is -2.11. The van der Waals surface area contributed by atoms with Crippen molar-refractivity contribution >= 4 is 45.1 Å². The summed E-state index contributed by atoms with van der Waals surface area (Å²) in [5, 5.41) is 9.77. The van der Waals surface area contributed by atoms with Crippen molar-refractivity contribution < 1.29 is 13.6 Å². The number of nitrogens with one attached hydrogen (secondary N) is 3. The highest BCUT2D eigenvalue weighted by Crippen LogP contribution is 2.36. The van der Waals surface area contributed by atoms with Crippen LogP contribution >= 0.6 is 11.3 Å². The van der Waals surface area contributed by atoms with Crippen LogP contribution in [0.2, 0.25) is 0 Å². The monoisotopic (exact) mass is 542 g/mol. The van der Waals surface area contributed by atoms with Crippen LogP contribution in [0, 0.1) is 16.9 Å². The molecule has 1 amide bonds. The second kappa shape index (κ2) is 9.31. The van der Waals surface area contributed by atoms with Gasteiger partial charge in [-0.1, -0.05) is 12.8 Å². The number of anilines is 1. The number of nitrogens with zero attached hydrogens (tertiary/aromatic N) is 5. The Morgan fingerprint density at radius 3 is 2.72 bits per heavy atom. The molecule has 0 bridgehead atoms. The van der Waals surface area contributed by atoms with Crippen LogP contribution in [0.5, 0.6) is 0 Å². The fourth-order valence-electron chi connectivity index (χ4n) is 5.11. The summed E-state index contributed by atoms with van der Waals surface area (Å²) in [7, 11) is 0. The maximum Gasteiger partial charge on any atom is 0.227 e. The van der Waals surface area contributed by atoms with E-state index in [2.05, 4.69) is 40.4 Å². The lowest BCUT2D eigenvalue weighted by atomic mass is 10.1. The number of aromatic amines is 2. The van der Waals surface area contributed by atoms with Gasteiger partial charge in [0.15, 0.2) is 22.2 Å². The second-order valence-corrected chi connectivity index (χ2v) is 10.5. The molecule has 0 saturated heterocycles. The zero-order valence-corrected chi connectivity index (χ0v) is 21.1. The van der Waals surface area contributed by atoms with Crippen LogP contribution in [-0.4, -0.2) is 41.0 Å². The second-order valence-electron chi connectivity index (χ2n) is 9.46. The van der Waals surface area contributed by atoms with E-state index in [1.54, 1.807) is 30.6 Å². The van der Waals surface area contributed by atoms with E-state index in [4.69, 9.17) is 0 Å². The molecule has 1 saturated carbocycles. The van der Waals surface area contributed by atoms with E-state index in [0.717, 1.165) is 42.6 Å². The predicted molar refractivity (Wildman–Crippen MR) is 144 cm³/mol. The Kier molecular flexibility index (Phi) is 5.62. The van der Waals surface area contributed by atoms with Crippen molar-refractivity contribution in [3.63, 3.8) is 0 Å². The van der Waals surface area contributed by atoms with Gasteiger partial charge in [0, 0.05) is 46.1 Å². The Hall–Kier alpha value is -4.58. The first kappa shape index (κ1) is 23.5. The van der Waals surface area contributed by atoms with Crippen molar-refractivity contribution in [3.8, 4) is 33.1 Å². The highest BCUT2D eigenvalue weighted by atomic mass is 32.1. The van der Waals surface area contributed by atoms with Gasteiger partial charge in [-0.3, -0.25) is 14.9 Å². The van der Waals surface area contributed by atoms with Crippen molar-refractivity contribution in [2.45, 2.75) is 25.7 Å². The van der Waals surface area contributed by atoms with E-state index < -0.39 is 5.82 Å². The molecule has 6 heterocycles. The Bertz CT molecular complexity index is 1870. The summed E-state index contributed by atoms with van der Waals surface area (Å²) < 4.78 is 29.8. The number of amides is 1. The zero-order valence-electron chi connectivity index (χ0n) is 20.3. The first-order valence-corrected chi connectivity index (χ1v) is 13.3. The van der Waals surface area contributed by atoms with Crippen LogP contribution in [0.4, 0.5) is 14.5 Å². The number of carbonyl (C=O) groups is 1. The highest BCUT2D eigenvalue weighted by Gasteiger charge is 2.24. The van der Waals surface area contributed by atoms with Crippen LogP contribution in [-0.2, 0) is 4.79 Å². The third-order valence-corrected chi connectivity index (χ3v) is 7.94. The van der Waals surface area contributed by atoms with Crippen LogP contribution in [0.25, 0.3) is 55.3 Å². The number of carbonyl (C=O) groups excluding carboxylic acids is 1. The number of hydrogen-bond donors (Lipinski definition) is 3. The van der Waals surface area contributed by atoms with E-state index in [1.165, 1.54) is 18.5 Å². The number of pyridine rings is 3. The van der Waals surface area contributed by atoms with Gasteiger partial charge in [0.1, 0.15) is 11.5 Å². The molecule has 1 aliphatic rings. The van der Waals surface area contributed by atoms with Crippen molar-refractivity contribution in [2.24, 2.45) is 5.92 Å². The van der Waals surface area contributed by atoms with E-state index in [-0.39, 0.29) is 33.6 Å². The average Bonchev–Trinajstić information content (AvgIpc) is 3.75. The number of fused-ring (bicyclic) bond motifs is 2. The lowest BCUT2D eigenvalue weighted by Crippen LogP contribution is -2.20. The quantitative estimate of drug-likeness (QED) is 0.242. The minimum Gasteiger partial charge on any atom is -0.335 e. The van der Waals surface area contributed by atoms with Gasteiger partial charge in [0.25, 0.3) is 0 Å². The Labute approximate surface area is 223 Å². The number of rotatable bonds is 5. The highest BCUT2D eigenvalue weighted by molar-refractivity contribution is 7.14. The third-order valence-electron chi connectivity index (χ3n) is 7.03. The van der Waals surface area contributed by atoms with Gasteiger partial charge in [-0.05, 0) is 37.1 Å². The number of hydrogen-bond acceptors (Lipinski definition) is 7. The van der Waals surface area contributed by atoms with Crippen LogP contribution in [0.1, 0.15) is 25.7 Å². The predicted octanol–water partition coefficient (Wildman–Crippen LogP) is 6.09. The zero-order chi connectivity index (χ0) is 26.5. The molecule has 7 rings (SSSR count). The van der Waals surface area contributed by atoms with E-state index in [1.807, 2.05) is 0 Å². The SMILES string of the molecule is O=C(Nc1cncc(-c2cnc3n[nH]c(-c4nc5nccc(-c6ccc(F)s6)c5[nH]4)c3c2F)c1)C1CCCC1. The molecular weight excluding hydrogens is 522 g/mol. The molecule has 0 radical (unpaired) electrons. The Balaban J connectivity index is 1.28. The Morgan fingerprint density at radius 1 is 1.03 bits per heavy atom. The summed E-state index contributed by atoms with van der Waals surface area (Å²) in [5.74, 6) is -0.285. The van der Waals surface area contributed by atoms with Gasteiger partial charge in [-0.25, -0.2) is 19.3 Å². The molecule has 0 atom stereocenters. The van der Waals surface area contributed by atoms with E-state index >= 15 is 4.39 Å². The molecule has 6 aromatic rings. The smallest absolute Gasteiger partial charge is 0.227 e. The standard InChI is InChI=1S/C27H20F2N8OS/c28-19-6-5-18(39-19)16-7-8-31-25-22(16)34-26(35-25)23-20-21(29)17(12-32-24(20)37-36-23)14-9-15(11-30-10-14)33-27(38)13-3-1-2-4-13/h5-13H,1-4H2,(H,33,38)(H,31,34,35)(H,32,36,37). The van der Waals surface area contributed by atoms with Gasteiger partial charge in [0.05, 0.1) is 22.8 Å². The molecule has 3 N–H and O–H groups in total. The molecule has 194 valence electrons. The minimum absolute atomic E-state index is 0.00504. The van der Waals surface area contributed by atoms with Crippen LogP contribution in [0.3, 0.4) is 0 Å². The number of imidazole rings is 1. The fourth-order valence-corrected chi connectivity index (χ4v) is 5.87. The summed E-state index contributed by atoms with van der Waals surface area (Å²) in [6.45, 7) is 0. The van der Waals surface area contributed by atoms with Crippen LogP contribution < -0.4 is 5.32 Å². The number of H-pyrrole nitrogens is 2. The van der Waals surface area contributed by atoms with Crippen molar-refractivity contribution in [3.05, 3.63) is 60.0 Å². The molecule has 39 heavy (non-hydrogen) atoms. The lowest BCUT2D eigenvalue weighted by molar-refractivity contribution is -0.119. The molecule has 0 unspecified atom stereocenters. The molecular formula is C27H20F2N8OS. The van der Waals surface area contributed by atoms with Crippen molar-refractivity contribution in [2.75, 3.05) is 5.32 Å². The van der Waals surface area contributed by atoms with Gasteiger partial charge in [-0.2, -0.15) is 9.49 Å². The summed E-state index contributed by atoms with van der Waals surface area (Å²) in [4.78, 5) is 33.9. The molecule has 6 aromatic heterocycles. The topological polar surface area (TPSA) is 125 Å². The third kappa shape index (κ3) is 4.13. The molecule has 9 nitrogen and oxygen atoms in total. The molecule has 0 aromatic carbocycles. The van der Waals surface area contributed by atoms with Gasteiger partial charge >= 0.3 is 0 Å². The number of halogens is 2. The molecule has 0 spiro atoms. The first-order chi connectivity index (χ1) is 19.0. The normalized spacial score (nSPS) is 14.0. The molecule has 12 heteroatoms. The minimum atomic E-state index is -0.557. The number of aromatic nitrogens is 7. The van der Waals surface area contributed by atoms with Gasteiger partial charge in [0.2, 0.25) is 5.91 Å². The summed E-state index contributed by atoms with van der Waals surface area (Å²) >= 11 is 1.01. The number of thiophene rings is 1. The maximum absolute atomic E-state index is 16.1. The van der Waals surface area contributed by atoms with Crippen LogP contribution in [0.15, 0.2) is 49.1 Å². The Morgan fingerprint density at radius 2 is 1.90 bits per heavy atom. The van der Waals surface area contributed by atoms with Gasteiger partial charge in [-0.15, -0.1) is 11.3 Å². The molecule has 1 aliphatic carbocycles. The largest absolute Gasteiger partial charge is 0.335 e. The van der Waals surface area contributed by atoms with E-state index in [9.17, 15) is 9.18 Å². The van der Waals surface area contributed by atoms with Gasteiger partial charge < -0.3 is 10.3 Å².